The highest BCUT2D eigenvalue weighted by atomic mass is 16.4. The first-order valence-corrected chi connectivity index (χ1v) is 9.91. The third-order valence-electron chi connectivity index (χ3n) is 5.38. The smallest absolute Gasteiger partial charge is 0.337 e. The maximum Gasteiger partial charge on any atom is 0.337 e. The molecule has 7 heteroatoms. The van der Waals surface area contributed by atoms with E-state index in [4.69, 9.17) is 4.98 Å². The van der Waals surface area contributed by atoms with Crippen LogP contribution in [0.5, 0.6) is 0 Å². The van der Waals surface area contributed by atoms with E-state index in [0.29, 0.717) is 17.2 Å². The number of aromatic carboxylic acids is 1. The molecule has 1 aliphatic rings. The molecule has 1 saturated heterocycles. The maximum absolute atomic E-state index is 12.7. The fourth-order valence-electron chi connectivity index (χ4n) is 3.86. The fraction of sp³-hybridized carbons (Fsp3) is 0.318. The Morgan fingerprint density at radius 2 is 1.90 bits per heavy atom. The summed E-state index contributed by atoms with van der Waals surface area (Å²) in [6.07, 6.45) is 5.13. The van der Waals surface area contributed by atoms with Crippen molar-refractivity contribution in [3.63, 3.8) is 0 Å². The van der Waals surface area contributed by atoms with Crippen LogP contribution < -0.4 is 15.8 Å². The lowest BCUT2D eigenvalue weighted by Crippen LogP contribution is -2.32. The summed E-state index contributed by atoms with van der Waals surface area (Å²) in [6, 6.07) is 11.9. The Balaban J connectivity index is 1.74. The Morgan fingerprint density at radius 3 is 2.66 bits per heavy atom. The third kappa shape index (κ3) is 3.81. The maximum atomic E-state index is 12.7. The highest BCUT2D eigenvalue weighted by Gasteiger charge is 2.18. The van der Waals surface area contributed by atoms with Crippen LogP contribution in [0.1, 0.15) is 48.1 Å². The average molecular weight is 392 g/mol. The predicted molar refractivity (Wildman–Crippen MR) is 113 cm³/mol. The van der Waals surface area contributed by atoms with Gasteiger partial charge in [0.15, 0.2) is 0 Å². The zero-order valence-electron chi connectivity index (χ0n) is 16.3. The van der Waals surface area contributed by atoms with Gasteiger partial charge in [0.05, 0.1) is 11.6 Å². The molecule has 0 aliphatic carbocycles. The Hall–Kier alpha value is -3.35. The molecule has 29 heavy (non-hydrogen) atoms. The Bertz CT molecular complexity index is 1100. The molecule has 2 aromatic heterocycles. The molecule has 0 spiro atoms. The van der Waals surface area contributed by atoms with Gasteiger partial charge in [-0.05, 0) is 44.4 Å². The number of nitrogens with zero attached hydrogens (tertiary/aromatic N) is 3. The van der Waals surface area contributed by atoms with E-state index >= 15 is 0 Å². The summed E-state index contributed by atoms with van der Waals surface area (Å²) in [5, 5.41) is 12.7. The van der Waals surface area contributed by atoms with E-state index in [1.807, 2.05) is 19.1 Å². The van der Waals surface area contributed by atoms with Gasteiger partial charge in [-0.3, -0.25) is 9.20 Å². The van der Waals surface area contributed by atoms with Crippen molar-refractivity contribution in [1.29, 1.82) is 0 Å². The highest BCUT2D eigenvalue weighted by molar-refractivity contribution is 5.94. The van der Waals surface area contributed by atoms with Crippen LogP contribution in [0.3, 0.4) is 0 Å². The quantitative estimate of drug-likeness (QED) is 0.690. The van der Waals surface area contributed by atoms with Crippen molar-refractivity contribution in [2.75, 3.05) is 23.3 Å². The van der Waals surface area contributed by atoms with Gasteiger partial charge in [-0.2, -0.15) is 0 Å². The molecule has 0 amide bonds. The molecule has 0 saturated carbocycles. The van der Waals surface area contributed by atoms with E-state index in [1.165, 1.54) is 6.42 Å². The zero-order chi connectivity index (χ0) is 20.4. The number of benzene rings is 1. The Kier molecular flexibility index (Phi) is 5.20. The second kappa shape index (κ2) is 7.95. The number of anilines is 2. The first-order chi connectivity index (χ1) is 14.0. The molecule has 3 aromatic rings. The number of pyridine rings is 1. The van der Waals surface area contributed by atoms with E-state index < -0.39 is 5.97 Å². The standard InChI is InChI=1S/C22H24N4O3/c1-15(23-18-10-4-3-8-17(18)22(28)29)16-9-7-13-26-20(27)14-19(24-21(16)26)25-11-5-2-6-12-25/h3-4,7-10,13-15,23H,2,5-6,11-12H2,1H3,(H,28,29)/t15-/m0/s1. The zero-order valence-corrected chi connectivity index (χ0v) is 16.3. The number of hydrogen-bond donors (Lipinski definition) is 2. The highest BCUT2D eigenvalue weighted by Crippen LogP contribution is 2.25. The van der Waals surface area contributed by atoms with Crippen LogP contribution in [0.25, 0.3) is 5.65 Å². The minimum Gasteiger partial charge on any atom is -0.478 e. The number of fused-ring (bicyclic) bond motifs is 1. The lowest BCUT2D eigenvalue weighted by Gasteiger charge is -2.28. The normalized spacial score (nSPS) is 15.3. The predicted octanol–water partition coefficient (Wildman–Crippen LogP) is 3.56. The van der Waals surface area contributed by atoms with Crippen molar-refractivity contribution in [2.24, 2.45) is 0 Å². The second-order valence-electron chi connectivity index (χ2n) is 7.37. The lowest BCUT2D eigenvalue weighted by atomic mass is 10.1. The molecular weight excluding hydrogens is 368 g/mol. The molecule has 1 fully saturated rings. The van der Waals surface area contributed by atoms with Crippen molar-refractivity contribution < 1.29 is 9.90 Å². The molecule has 1 aliphatic heterocycles. The van der Waals surface area contributed by atoms with Gasteiger partial charge in [0.2, 0.25) is 0 Å². The minimum absolute atomic E-state index is 0.115. The van der Waals surface area contributed by atoms with Gasteiger partial charge in [0, 0.05) is 36.6 Å². The van der Waals surface area contributed by atoms with Crippen molar-refractivity contribution >= 4 is 23.1 Å². The molecular formula is C22H24N4O3. The number of nitrogens with one attached hydrogen (secondary N) is 1. The molecule has 1 atom stereocenters. The van der Waals surface area contributed by atoms with Crippen LogP contribution in [0.2, 0.25) is 0 Å². The van der Waals surface area contributed by atoms with Gasteiger partial charge in [-0.1, -0.05) is 18.2 Å². The van der Waals surface area contributed by atoms with Crippen LogP contribution in [0.15, 0.2) is 53.5 Å². The van der Waals surface area contributed by atoms with E-state index in [-0.39, 0.29) is 17.2 Å². The first-order valence-electron chi connectivity index (χ1n) is 9.91. The van der Waals surface area contributed by atoms with Crippen molar-refractivity contribution in [3.05, 3.63) is 70.1 Å². The minimum atomic E-state index is -0.986. The number of hydrogen-bond acceptors (Lipinski definition) is 5. The molecule has 7 nitrogen and oxygen atoms in total. The Labute approximate surface area is 168 Å². The van der Waals surface area contributed by atoms with Gasteiger partial charge in [0.1, 0.15) is 11.5 Å². The number of para-hydroxylation sites is 1. The topological polar surface area (TPSA) is 86.9 Å². The average Bonchev–Trinajstić information content (AvgIpc) is 2.74. The van der Waals surface area contributed by atoms with E-state index in [0.717, 1.165) is 31.5 Å². The van der Waals surface area contributed by atoms with Crippen LogP contribution >= 0.6 is 0 Å². The van der Waals surface area contributed by atoms with Crippen molar-refractivity contribution in [3.8, 4) is 0 Å². The SMILES string of the molecule is C[C@H](Nc1ccccc1C(=O)O)c1cccn2c(=O)cc(N3CCCCC3)nc12. The van der Waals surface area contributed by atoms with Crippen LogP contribution in [0, 0.1) is 0 Å². The van der Waals surface area contributed by atoms with Gasteiger partial charge in [-0.15, -0.1) is 0 Å². The van der Waals surface area contributed by atoms with E-state index in [2.05, 4.69) is 10.2 Å². The second-order valence-corrected chi connectivity index (χ2v) is 7.37. The van der Waals surface area contributed by atoms with Gasteiger partial charge < -0.3 is 15.3 Å². The molecule has 0 unspecified atom stereocenters. The molecule has 0 radical (unpaired) electrons. The largest absolute Gasteiger partial charge is 0.478 e. The molecule has 0 bridgehead atoms. The number of rotatable bonds is 5. The first kappa shape index (κ1) is 19.0. The molecule has 150 valence electrons. The molecule has 4 rings (SSSR count). The number of piperidine rings is 1. The Morgan fingerprint density at radius 1 is 1.14 bits per heavy atom. The van der Waals surface area contributed by atoms with Gasteiger partial charge >= 0.3 is 5.97 Å². The fourth-order valence-corrected chi connectivity index (χ4v) is 3.86. The summed E-state index contributed by atoms with van der Waals surface area (Å²) < 4.78 is 1.55. The number of aromatic nitrogens is 2. The number of carboxylic acids is 1. The van der Waals surface area contributed by atoms with Crippen molar-refractivity contribution in [2.45, 2.75) is 32.2 Å². The molecule has 2 N–H and O–H groups in total. The van der Waals surface area contributed by atoms with Crippen molar-refractivity contribution in [1.82, 2.24) is 9.38 Å². The summed E-state index contributed by atoms with van der Waals surface area (Å²) in [5.74, 6) is -0.278. The number of carbonyl (C=O) groups is 1. The summed E-state index contributed by atoms with van der Waals surface area (Å²) in [6.45, 7) is 3.75. The van der Waals surface area contributed by atoms with Gasteiger partial charge in [-0.25, -0.2) is 9.78 Å². The molecule has 1 aromatic carbocycles. The summed E-state index contributed by atoms with van der Waals surface area (Å²) in [5.41, 5.74) is 2.05. The van der Waals surface area contributed by atoms with Crippen LogP contribution in [0.4, 0.5) is 11.5 Å². The van der Waals surface area contributed by atoms with Crippen LogP contribution in [-0.4, -0.2) is 33.6 Å². The summed E-state index contributed by atoms with van der Waals surface area (Å²) in [7, 11) is 0. The third-order valence-corrected chi connectivity index (χ3v) is 5.38. The number of carboxylic acid groups (broad SMARTS) is 1. The summed E-state index contributed by atoms with van der Waals surface area (Å²) in [4.78, 5) is 31.2. The van der Waals surface area contributed by atoms with E-state index in [1.54, 1.807) is 40.9 Å². The van der Waals surface area contributed by atoms with E-state index in [9.17, 15) is 14.7 Å². The van der Waals surface area contributed by atoms with Crippen LogP contribution in [-0.2, 0) is 0 Å². The molecule has 3 heterocycles. The summed E-state index contributed by atoms with van der Waals surface area (Å²) >= 11 is 0. The lowest BCUT2D eigenvalue weighted by molar-refractivity contribution is 0.0698. The van der Waals surface area contributed by atoms with Gasteiger partial charge in [0.25, 0.3) is 5.56 Å². The monoisotopic (exact) mass is 392 g/mol.